The Morgan fingerprint density at radius 1 is 0.333 bits per heavy atom. The first-order valence-electron chi connectivity index (χ1n) is 7.40. The van der Waals surface area contributed by atoms with Crippen LogP contribution in [-0.2, 0) is 34.1 Å². The van der Waals surface area contributed by atoms with Gasteiger partial charge in [0.25, 0.3) is 0 Å². The maximum atomic E-state index is 2.12. The Bertz CT molecular complexity index is 224. The van der Waals surface area contributed by atoms with E-state index in [-0.39, 0.29) is 34.1 Å². The fourth-order valence-corrected chi connectivity index (χ4v) is 1.83. The van der Waals surface area contributed by atoms with Gasteiger partial charge in [-0.15, -0.1) is 0 Å². The van der Waals surface area contributed by atoms with Gasteiger partial charge in [0.15, 0.2) is 0 Å². The van der Waals surface area contributed by atoms with Crippen LogP contribution in [0.4, 0.5) is 0 Å². The predicted octanol–water partition coefficient (Wildman–Crippen LogP) is 4.39. The molecule has 0 amide bonds. The summed E-state index contributed by atoms with van der Waals surface area (Å²) >= 11 is 0. The first kappa shape index (κ1) is 24.8. The molecule has 24 heavy (non-hydrogen) atoms. The van der Waals surface area contributed by atoms with E-state index in [4.69, 9.17) is 0 Å². The van der Waals surface area contributed by atoms with Crippen molar-refractivity contribution in [2.45, 2.75) is 0 Å². The standard InChI is InChI=1S/C12H10.2C5H5.2Fe/c1-2-6-11(5-1)9-10-12-7-3-4-8-12;2*1-2-4-5-3-1;;/h1-10H;2*1-5H;;/q;;;2*+2/b10-9+;;;;. The van der Waals surface area contributed by atoms with Gasteiger partial charge in [-0.05, 0) is 116 Å². The van der Waals surface area contributed by atoms with Crippen LogP contribution in [0.5, 0.6) is 0 Å². The molecule has 0 N–H and O–H groups in total. The zero-order valence-corrected chi connectivity index (χ0v) is 15.5. The van der Waals surface area contributed by atoms with E-state index >= 15 is 0 Å². The van der Waals surface area contributed by atoms with Crippen LogP contribution in [0.15, 0.2) is 12.2 Å². The molecule has 0 aromatic heterocycles. The smallest absolute Gasteiger partial charge is 0.0802 e. The molecule has 0 aromatic carbocycles. The molecule has 120 valence electrons. The molecular formula is C22H20Fe2+4. The first-order valence-corrected chi connectivity index (χ1v) is 7.40. The van der Waals surface area contributed by atoms with Crippen LogP contribution >= 0.6 is 0 Å². The van der Waals surface area contributed by atoms with Gasteiger partial charge in [0, 0.05) is 11.8 Å². The third-order valence-electron chi connectivity index (χ3n) is 2.96. The molecule has 0 aliphatic heterocycles. The van der Waals surface area contributed by atoms with Gasteiger partial charge in [-0.3, -0.25) is 0 Å². The second-order valence-corrected chi connectivity index (χ2v) is 4.69. The largest absolute Gasteiger partial charge is 2.00 e. The van der Waals surface area contributed by atoms with Crippen LogP contribution in [0.2, 0.25) is 0 Å². The van der Waals surface area contributed by atoms with Crippen molar-refractivity contribution in [3.8, 4) is 0 Å². The van der Waals surface area contributed by atoms with Gasteiger partial charge in [0.1, 0.15) is 0 Å². The molecule has 0 nitrogen and oxygen atoms in total. The molecule has 4 rings (SSSR count). The minimum atomic E-state index is 0. The summed E-state index contributed by atoms with van der Waals surface area (Å²) in [5, 5.41) is 0. The second kappa shape index (κ2) is 17.2. The Morgan fingerprint density at radius 2 is 0.542 bits per heavy atom. The van der Waals surface area contributed by atoms with E-state index < -0.39 is 0 Å². The van der Waals surface area contributed by atoms with Crippen LogP contribution < -0.4 is 0 Å². The summed E-state index contributed by atoms with van der Waals surface area (Å²) in [7, 11) is 0. The molecule has 4 aliphatic rings. The number of rotatable bonds is 2. The molecule has 0 saturated heterocycles. The molecule has 0 aromatic rings. The molecule has 20 radical (unpaired) electrons. The van der Waals surface area contributed by atoms with E-state index in [0.29, 0.717) is 0 Å². The van der Waals surface area contributed by atoms with Crippen LogP contribution in [0.1, 0.15) is 0 Å². The summed E-state index contributed by atoms with van der Waals surface area (Å²) in [5.41, 5.74) is 0. The third-order valence-corrected chi connectivity index (χ3v) is 2.96. The van der Waals surface area contributed by atoms with Crippen molar-refractivity contribution in [1.29, 1.82) is 0 Å². The molecule has 4 aliphatic carbocycles. The van der Waals surface area contributed by atoms with Gasteiger partial charge in [-0.2, -0.15) is 0 Å². The Kier molecular flexibility index (Phi) is 17.8. The minimum absolute atomic E-state index is 0. The van der Waals surface area contributed by atoms with Gasteiger partial charge >= 0.3 is 34.1 Å². The summed E-state index contributed by atoms with van der Waals surface area (Å²) in [5.74, 6) is 2.52. The topological polar surface area (TPSA) is 0 Å². The normalized spacial score (nSPS) is 23.8. The number of hydrogen-bond donors (Lipinski definition) is 0. The summed E-state index contributed by atoms with van der Waals surface area (Å²) in [4.78, 5) is 0. The van der Waals surface area contributed by atoms with Gasteiger partial charge in [-0.1, -0.05) is 12.2 Å². The molecule has 2 heteroatoms. The Morgan fingerprint density at radius 3 is 0.750 bits per heavy atom. The zero-order valence-electron chi connectivity index (χ0n) is 13.3. The van der Waals surface area contributed by atoms with Crippen LogP contribution in [0, 0.1) is 127 Å². The Balaban J connectivity index is 0.000000370. The number of hydrogen-bond acceptors (Lipinski definition) is 0. The minimum Gasteiger partial charge on any atom is -0.0802 e. The molecule has 4 saturated carbocycles. The Labute approximate surface area is 173 Å². The quantitative estimate of drug-likeness (QED) is 0.608. The van der Waals surface area contributed by atoms with Crippen LogP contribution in [-0.4, -0.2) is 0 Å². The van der Waals surface area contributed by atoms with E-state index in [2.05, 4.69) is 37.8 Å². The van der Waals surface area contributed by atoms with E-state index in [1.807, 2.05) is 89.9 Å². The zero-order chi connectivity index (χ0) is 15.3. The molecule has 0 heterocycles. The van der Waals surface area contributed by atoms with Crippen molar-refractivity contribution < 1.29 is 34.1 Å². The van der Waals surface area contributed by atoms with E-state index in [1.54, 1.807) is 0 Å². The molecular weight excluding hydrogens is 376 g/mol. The van der Waals surface area contributed by atoms with E-state index in [1.165, 1.54) is 11.8 Å². The van der Waals surface area contributed by atoms with Crippen molar-refractivity contribution in [3.63, 3.8) is 0 Å². The van der Waals surface area contributed by atoms with Gasteiger partial charge < -0.3 is 0 Å². The maximum Gasteiger partial charge on any atom is 2.00 e. The van der Waals surface area contributed by atoms with E-state index in [9.17, 15) is 0 Å². The summed E-state index contributed by atoms with van der Waals surface area (Å²) in [6, 6.07) is 0. The SMILES string of the molecule is [CH]1[CH][CH][CH][CH]1.[CH]1[CH][CH][CH][CH]1.[CH]1[CH][CH][C](/C=C/[C]2[CH][CH][CH][CH]2)[CH]1.[Fe+2].[Fe+2]. The monoisotopic (exact) mass is 396 g/mol. The molecule has 0 spiro atoms. The summed E-state index contributed by atoms with van der Waals surface area (Å²) in [6.07, 6.45) is 40.8. The predicted molar refractivity (Wildman–Crippen MR) is 93.0 cm³/mol. The second-order valence-electron chi connectivity index (χ2n) is 4.69. The van der Waals surface area contributed by atoms with Crippen molar-refractivity contribution in [3.05, 3.63) is 140 Å². The third kappa shape index (κ3) is 12.2. The van der Waals surface area contributed by atoms with Crippen molar-refractivity contribution in [2.75, 3.05) is 0 Å². The van der Waals surface area contributed by atoms with Crippen molar-refractivity contribution in [2.24, 2.45) is 0 Å². The van der Waals surface area contributed by atoms with Gasteiger partial charge in [0.05, 0.1) is 0 Å². The fourth-order valence-electron chi connectivity index (χ4n) is 1.83. The van der Waals surface area contributed by atoms with Crippen LogP contribution in [0.25, 0.3) is 0 Å². The van der Waals surface area contributed by atoms with Crippen molar-refractivity contribution in [1.82, 2.24) is 0 Å². The molecule has 0 unspecified atom stereocenters. The molecule has 0 bridgehead atoms. The van der Waals surface area contributed by atoms with Gasteiger partial charge in [-0.25, -0.2) is 0 Å². The molecule has 4 fully saturated rings. The average molecular weight is 396 g/mol. The number of allylic oxidation sites excluding steroid dienone is 2. The Hall–Kier alpha value is 0.779. The van der Waals surface area contributed by atoms with Gasteiger partial charge in [0.2, 0.25) is 0 Å². The summed E-state index contributed by atoms with van der Waals surface area (Å²) < 4.78 is 0. The maximum absolute atomic E-state index is 2.12. The molecule has 0 atom stereocenters. The average Bonchev–Trinajstić information content (AvgIpc) is 3.41. The van der Waals surface area contributed by atoms with E-state index in [0.717, 1.165) is 0 Å². The van der Waals surface area contributed by atoms with Crippen molar-refractivity contribution >= 4 is 0 Å². The first-order chi connectivity index (χ1) is 10.9. The fraction of sp³-hybridized carbons (Fsp3) is 0. The summed E-state index contributed by atoms with van der Waals surface area (Å²) in [6.45, 7) is 0. The van der Waals surface area contributed by atoms with Crippen LogP contribution in [0.3, 0.4) is 0 Å².